The van der Waals surface area contributed by atoms with Crippen LogP contribution in [-0.2, 0) is 14.8 Å². The molecule has 1 aliphatic carbocycles. The molecular weight excluding hydrogens is 384 g/mol. The van der Waals surface area contributed by atoms with Gasteiger partial charge in [0, 0.05) is 25.6 Å². The van der Waals surface area contributed by atoms with E-state index in [2.05, 4.69) is 5.32 Å². The van der Waals surface area contributed by atoms with Gasteiger partial charge < -0.3 is 5.32 Å². The smallest absolute Gasteiger partial charge is 0.244 e. The van der Waals surface area contributed by atoms with Crippen LogP contribution in [0.1, 0.15) is 51.4 Å². The van der Waals surface area contributed by atoms with Crippen molar-refractivity contribution < 1.29 is 13.2 Å². The maximum Gasteiger partial charge on any atom is 0.244 e. The fourth-order valence-corrected chi connectivity index (χ4v) is 6.11. The highest BCUT2D eigenvalue weighted by atomic mass is 35.5. The summed E-state index contributed by atoms with van der Waals surface area (Å²) in [4.78, 5) is 12.7. The first-order valence-corrected chi connectivity index (χ1v) is 11.8. The van der Waals surface area contributed by atoms with E-state index in [0.717, 1.165) is 32.1 Å². The highest BCUT2D eigenvalue weighted by Crippen LogP contribution is 2.28. The molecule has 0 spiro atoms. The molecule has 2 fully saturated rings. The maximum atomic E-state index is 12.8. The number of rotatable bonds is 5. The Kier molecular flexibility index (Phi) is 7.17. The van der Waals surface area contributed by atoms with Crippen molar-refractivity contribution in [2.75, 3.05) is 19.6 Å². The molecule has 2 aliphatic rings. The van der Waals surface area contributed by atoms with Crippen LogP contribution in [0, 0.1) is 11.8 Å². The van der Waals surface area contributed by atoms with Gasteiger partial charge in [-0.3, -0.25) is 4.79 Å². The molecule has 1 aliphatic heterocycles. The summed E-state index contributed by atoms with van der Waals surface area (Å²) in [5, 5.41) is 3.33. The topological polar surface area (TPSA) is 66.5 Å². The maximum absolute atomic E-state index is 12.8. The SMILES string of the molecule is O=C(NCC1CCN(S(=O)(=O)c2ccccc2Cl)C1)C1CCCCCCC1. The molecule has 0 radical (unpaired) electrons. The molecular formula is C20H29ClN2O3S. The van der Waals surface area contributed by atoms with Crippen LogP contribution in [0.4, 0.5) is 0 Å². The van der Waals surface area contributed by atoms with Crippen LogP contribution in [-0.4, -0.2) is 38.3 Å². The molecule has 1 saturated carbocycles. The Hall–Kier alpha value is -1.11. The summed E-state index contributed by atoms with van der Waals surface area (Å²) < 4.78 is 27.1. The molecule has 3 rings (SSSR count). The predicted octanol–water partition coefficient (Wildman–Crippen LogP) is 3.83. The predicted molar refractivity (Wildman–Crippen MR) is 107 cm³/mol. The molecule has 1 unspecified atom stereocenters. The number of hydrogen-bond donors (Lipinski definition) is 1. The fraction of sp³-hybridized carbons (Fsp3) is 0.650. The van der Waals surface area contributed by atoms with Crippen molar-refractivity contribution in [3.05, 3.63) is 29.3 Å². The third kappa shape index (κ3) is 5.24. The van der Waals surface area contributed by atoms with Crippen molar-refractivity contribution >= 4 is 27.5 Å². The van der Waals surface area contributed by atoms with E-state index in [1.54, 1.807) is 24.3 Å². The van der Waals surface area contributed by atoms with E-state index < -0.39 is 10.0 Å². The highest BCUT2D eigenvalue weighted by Gasteiger charge is 2.34. The van der Waals surface area contributed by atoms with Crippen LogP contribution in [0.25, 0.3) is 0 Å². The number of benzene rings is 1. The average Bonchev–Trinajstić information content (AvgIpc) is 3.09. The van der Waals surface area contributed by atoms with Crippen molar-refractivity contribution in [1.29, 1.82) is 0 Å². The number of sulfonamides is 1. The molecule has 1 saturated heterocycles. The summed E-state index contributed by atoms with van der Waals surface area (Å²) in [5.74, 6) is 0.416. The summed E-state index contributed by atoms with van der Waals surface area (Å²) in [6.07, 6.45) is 8.70. The van der Waals surface area contributed by atoms with Crippen molar-refractivity contribution in [2.45, 2.75) is 56.3 Å². The first-order chi connectivity index (χ1) is 13.0. The van der Waals surface area contributed by atoms with Crippen LogP contribution in [0.15, 0.2) is 29.2 Å². The number of halogens is 1. The number of carbonyl (C=O) groups is 1. The minimum Gasteiger partial charge on any atom is -0.356 e. The van der Waals surface area contributed by atoms with Gasteiger partial charge in [-0.25, -0.2) is 8.42 Å². The lowest BCUT2D eigenvalue weighted by Crippen LogP contribution is -2.36. The molecule has 1 aromatic rings. The van der Waals surface area contributed by atoms with Gasteiger partial charge in [-0.15, -0.1) is 0 Å². The lowest BCUT2D eigenvalue weighted by molar-refractivity contribution is -0.125. The second-order valence-electron chi connectivity index (χ2n) is 7.74. The molecule has 0 aromatic heterocycles. The fourth-order valence-electron chi connectivity index (χ4n) is 4.08. The molecule has 150 valence electrons. The second kappa shape index (κ2) is 9.39. The molecule has 7 heteroatoms. The lowest BCUT2D eigenvalue weighted by atomic mass is 9.90. The summed E-state index contributed by atoms with van der Waals surface area (Å²) in [6.45, 7) is 1.44. The number of nitrogens with one attached hydrogen (secondary N) is 1. The van der Waals surface area contributed by atoms with E-state index >= 15 is 0 Å². The zero-order valence-electron chi connectivity index (χ0n) is 15.7. The largest absolute Gasteiger partial charge is 0.356 e. The number of hydrogen-bond acceptors (Lipinski definition) is 3. The van der Waals surface area contributed by atoms with Crippen molar-refractivity contribution in [3.8, 4) is 0 Å². The van der Waals surface area contributed by atoms with Crippen LogP contribution in [0.2, 0.25) is 5.02 Å². The van der Waals surface area contributed by atoms with Crippen molar-refractivity contribution in [2.24, 2.45) is 11.8 Å². The summed E-state index contributed by atoms with van der Waals surface area (Å²) in [7, 11) is -3.58. The Balaban J connectivity index is 1.52. The van der Waals surface area contributed by atoms with Gasteiger partial charge in [0.05, 0.1) is 5.02 Å². The van der Waals surface area contributed by atoms with Gasteiger partial charge in [0.25, 0.3) is 0 Å². The van der Waals surface area contributed by atoms with E-state index in [4.69, 9.17) is 11.6 Å². The standard InChI is InChI=1S/C20H29ClN2O3S/c21-18-10-6-7-11-19(18)27(25,26)23-13-12-16(15-23)14-22-20(24)17-8-4-2-1-3-5-9-17/h6-7,10-11,16-17H,1-5,8-9,12-15H2,(H,22,24). The summed E-state index contributed by atoms with van der Waals surface area (Å²) >= 11 is 6.07. The van der Waals surface area contributed by atoms with Crippen molar-refractivity contribution in [1.82, 2.24) is 9.62 Å². The van der Waals surface area contributed by atoms with Gasteiger partial charge in [0.1, 0.15) is 4.90 Å². The van der Waals surface area contributed by atoms with E-state index in [1.165, 1.54) is 23.6 Å². The highest BCUT2D eigenvalue weighted by molar-refractivity contribution is 7.89. The quantitative estimate of drug-likeness (QED) is 0.799. The third-order valence-electron chi connectivity index (χ3n) is 5.74. The average molecular weight is 413 g/mol. The molecule has 1 heterocycles. The van der Waals surface area contributed by atoms with Gasteiger partial charge in [-0.05, 0) is 37.3 Å². The molecule has 1 amide bonds. The lowest BCUT2D eigenvalue weighted by Gasteiger charge is -2.21. The van der Waals surface area contributed by atoms with Crippen LogP contribution in [0.5, 0.6) is 0 Å². The zero-order chi connectivity index (χ0) is 19.3. The molecule has 1 aromatic carbocycles. The molecule has 1 atom stereocenters. The monoisotopic (exact) mass is 412 g/mol. The van der Waals surface area contributed by atoms with E-state index in [0.29, 0.717) is 19.6 Å². The van der Waals surface area contributed by atoms with Crippen LogP contribution in [0.3, 0.4) is 0 Å². The van der Waals surface area contributed by atoms with Crippen LogP contribution < -0.4 is 5.32 Å². The van der Waals surface area contributed by atoms with Gasteiger partial charge in [-0.2, -0.15) is 4.31 Å². The Morgan fingerprint density at radius 3 is 2.44 bits per heavy atom. The third-order valence-corrected chi connectivity index (χ3v) is 8.11. The van der Waals surface area contributed by atoms with Gasteiger partial charge in [0.2, 0.25) is 15.9 Å². The molecule has 27 heavy (non-hydrogen) atoms. The van der Waals surface area contributed by atoms with Crippen LogP contribution >= 0.6 is 11.6 Å². The van der Waals surface area contributed by atoms with Gasteiger partial charge in [0.15, 0.2) is 0 Å². The zero-order valence-corrected chi connectivity index (χ0v) is 17.3. The normalized spacial score (nSPS) is 22.9. The first-order valence-electron chi connectivity index (χ1n) is 10.0. The summed E-state index contributed by atoms with van der Waals surface area (Å²) in [6, 6.07) is 6.54. The minimum atomic E-state index is -3.58. The molecule has 1 N–H and O–H groups in total. The van der Waals surface area contributed by atoms with E-state index in [9.17, 15) is 13.2 Å². The minimum absolute atomic E-state index is 0.120. The Morgan fingerprint density at radius 1 is 1.07 bits per heavy atom. The second-order valence-corrected chi connectivity index (χ2v) is 10.0. The first kappa shape index (κ1) is 20.6. The van der Waals surface area contributed by atoms with Crippen molar-refractivity contribution in [3.63, 3.8) is 0 Å². The molecule has 5 nitrogen and oxygen atoms in total. The number of amides is 1. The Bertz CT molecular complexity index is 745. The van der Waals surface area contributed by atoms with E-state index in [1.807, 2.05) is 0 Å². The van der Waals surface area contributed by atoms with Gasteiger partial charge in [-0.1, -0.05) is 55.8 Å². The molecule has 0 bridgehead atoms. The number of carbonyl (C=O) groups excluding carboxylic acids is 1. The summed E-state index contributed by atoms with van der Waals surface area (Å²) in [5.41, 5.74) is 0. The Morgan fingerprint density at radius 2 is 1.74 bits per heavy atom. The Labute approximate surface area is 167 Å². The van der Waals surface area contributed by atoms with Gasteiger partial charge >= 0.3 is 0 Å². The van der Waals surface area contributed by atoms with E-state index in [-0.39, 0.29) is 27.7 Å². The number of nitrogens with zero attached hydrogens (tertiary/aromatic N) is 1.